The number of halogens is 7. The average Bonchev–Trinajstić information content (AvgIpc) is 2.26. The lowest BCUT2D eigenvalue weighted by Gasteiger charge is -2.28. The second kappa shape index (κ2) is 4.95. The van der Waals surface area contributed by atoms with E-state index in [0.717, 1.165) is 19.1 Å². The third-order valence-electron chi connectivity index (χ3n) is 2.21. The van der Waals surface area contributed by atoms with Crippen LogP contribution < -0.4 is 4.74 Å². The van der Waals surface area contributed by atoms with Crippen LogP contribution in [-0.2, 0) is 10.7 Å². The minimum absolute atomic E-state index is 0.251. The van der Waals surface area contributed by atoms with Crippen molar-refractivity contribution in [3.05, 3.63) is 29.8 Å². The van der Waals surface area contributed by atoms with E-state index in [1.165, 1.54) is 0 Å². The Kier molecular flexibility index (Phi) is 4.02. The second-order valence-corrected chi connectivity index (χ2v) is 3.77. The van der Waals surface area contributed by atoms with Gasteiger partial charge >= 0.3 is 24.0 Å². The normalized spacial score (nSPS) is 13.2. The van der Waals surface area contributed by atoms with E-state index in [-0.39, 0.29) is 6.07 Å². The number of esters is 1. The third-order valence-corrected chi connectivity index (χ3v) is 2.21. The maximum Gasteiger partial charge on any atom is 0.460 e. The van der Waals surface area contributed by atoms with E-state index in [4.69, 9.17) is 0 Å². The summed E-state index contributed by atoms with van der Waals surface area (Å²) < 4.78 is 92.7. The van der Waals surface area contributed by atoms with Crippen molar-refractivity contribution in [1.82, 2.24) is 0 Å². The first-order valence-corrected chi connectivity index (χ1v) is 5.01. The van der Waals surface area contributed by atoms with Gasteiger partial charge in [-0.3, -0.25) is 4.79 Å². The summed E-state index contributed by atoms with van der Waals surface area (Å²) in [4.78, 5) is 10.6. The van der Waals surface area contributed by atoms with Gasteiger partial charge in [0.1, 0.15) is 5.75 Å². The molecule has 0 aliphatic carbocycles. The highest BCUT2D eigenvalue weighted by molar-refractivity contribution is 5.69. The predicted octanol–water partition coefficient (Wildman–Crippen LogP) is 3.90. The number of ether oxygens (including phenoxy) is 1. The molecule has 0 spiro atoms. The Hall–Kier alpha value is -1.80. The zero-order chi connectivity index (χ0) is 15.8. The van der Waals surface area contributed by atoms with Crippen LogP contribution in [0.1, 0.15) is 12.5 Å². The summed E-state index contributed by atoms with van der Waals surface area (Å²) in [6, 6.07) is 2.37. The zero-order valence-corrected chi connectivity index (χ0v) is 9.77. The van der Waals surface area contributed by atoms with Gasteiger partial charge in [0.15, 0.2) is 0 Å². The lowest BCUT2D eigenvalue weighted by atomic mass is 10.0. The van der Waals surface area contributed by atoms with Gasteiger partial charge in [-0.05, 0) is 12.1 Å². The number of hydrogen-bond donors (Lipinski definition) is 0. The molecule has 0 heterocycles. The molecule has 1 aromatic carbocycles. The van der Waals surface area contributed by atoms with Crippen LogP contribution in [0.5, 0.6) is 5.75 Å². The molecule has 0 unspecified atom stereocenters. The molecular formula is C11H7F7O2. The maximum absolute atomic E-state index is 13.3. The molecule has 9 heteroatoms. The summed E-state index contributed by atoms with van der Waals surface area (Å²) in [6.45, 7) is 0.912. The molecule has 112 valence electrons. The Morgan fingerprint density at radius 3 is 2.05 bits per heavy atom. The molecule has 0 aromatic heterocycles. The first-order chi connectivity index (χ1) is 8.89. The van der Waals surface area contributed by atoms with Crippen LogP contribution >= 0.6 is 0 Å². The molecule has 0 atom stereocenters. The van der Waals surface area contributed by atoms with Crippen LogP contribution in [0.25, 0.3) is 0 Å². The van der Waals surface area contributed by atoms with Crippen LogP contribution in [0, 0.1) is 0 Å². The SMILES string of the molecule is CC(=O)Oc1cccc(C(F)(F)C(F)(F)C(F)(F)F)c1. The van der Waals surface area contributed by atoms with Crippen molar-refractivity contribution in [2.24, 2.45) is 0 Å². The number of rotatable bonds is 3. The van der Waals surface area contributed by atoms with Gasteiger partial charge in [-0.2, -0.15) is 30.7 Å². The smallest absolute Gasteiger partial charge is 0.427 e. The molecule has 0 saturated carbocycles. The molecular weight excluding hydrogens is 297 g/mol. The van der Waals surface area contributed by atoms with Crippen LogP contribution in [0.4, 0.5) is 30.7 Å². The summed E-state index contributed by atoms with van der Waals surface area (Å²) >= 11 is 0. The Morgan fingerprint density at radius 2 is 1.60 bits per heavy atom. The average molecular weight is 304 g/mol. The molecule has 0 N–H and O–H groups in total. The first kappa shape index (κ1) is 16.3. The molecule has 20 heavy (non-hydrogen) atoms. The van der Waals surface area contributed by atoms with Gasteiger partial charge in [-0.25, -0.2) is 0 Å². The Bertz CT molecular complexity index is 508. The summed E-state index contributed by atoms with van der Waals surface area (Å²) in [6.07, 6.45) is -6.42. The summed E-state index contributed by atoms with van der Waals surface area (Å²) in [5, 5.41) is 0. The number of benzene rings is 1. The molecule has 0 radical (unpaired) electrons. The highest BCUT2D eigenvalue weighted by Crippen LogP contribution is 2.52. The molecule has 0 aliphatic rings. The number of carbonyl (C=O) groups excluding carboxylic acids is 1. The van der Waals surface area contributed by atoms with E-state index in [9.17, 15) is 35.5 Å². The van der Waals surface area contributed by atoms with Crippen LogP contribution in [0.3, 0.4) is 0 Å². The van der Waals surface area contributed by atoms with Crippen molar-refractivity contribution in [2.45, 2.75) is 24.9 Å². The van der Waals surface area contributed by atoms with Gasteiger partial charge in [0.25, 0.3) is 0 Å². The molecule has 1 aromatic rings. The maximum atomic E-state index is 13.3. The highest BCUT2D eigenvalue weighted by atomic mass is 19.4. The second-order valence-electron chi connectivity index (χ2n) is 3.77. The van der Waals surface area contributed by atoms with Crippen molar-refractivity contribution in [3.63, 3.8) is 0 Å². The minimum atomic E-state index is -6.42. The minimum Gasteiger partial charge on any atom is -0.427 e. The topological polar surface area (TPSA) is 26.3 Å². The van der Waals surface area contributed by atoms with Crippen molar-refractivity contribution >= 4 is 5.97 Å². The molecule has 2 nitrogen and oxygen atoms in total. The van der Waals surface area contributed by atoms with Gasteiger partial charge in [-0.1, -0.05) is 12.1 Å². The monoisotopic (exact) mass is 304 g/mol. The van der Waals surface area contributed by atoms with Crippen LogP contribution in [0.15, 0.2) is 24.3 Å². The first-order valence-electron chi connectivity index (χ1n) is 5.01. The van der Waals surface area contributed by atoms with E-state index in [1.54, 1.807) is 0 Å². The molecule has 0 saturated heterocycles. The molecule has 0 aliphatic heterocycles. The lowest BCUT2D eigenvalue weighted by molar-refractivity contribution is -0.359. The largest absolute Gasteiger partial charge is 0.460 e. The van der Waals surface area contributed by atoms with Gasteiger partial charge < -0.3 is 4.74 Å². The van der Waals surface area contributed by atoms with Gasteiger partial charge in [0.05, 0.1) is 0 Å². The van der Waals surface area contributed by atoms with E-state index in [1.807, 2.05) is 0 Å². The van der Waals surface area contributed by atoms with Crippen molar-refractivity contribution in [1.29, 1.82) is 0 Å². The van der Waals surface area contributed by atoms with Crippen LogP contribution in [0.2, 0.25) is 0 Å². The fourth-order valence-electron chi connectivity index (χ4n) is 1.28. The van der Waals surface area contributed by atoms with E-state index in [0.29, 0.717) is 6.07 Å². The van der Waals surface area contributed by atoms with Crippen molar-refractivity contribution in [3.8, 4) is 5.75 Å². The quantitative estimate of drug-likeness (QED) is 0.481. The molecule has 1 rings (SSSR count). The Labute approximate surface area is 108 Å². The summed E-state index contributed by atoms with van der Waals surface area (Å²) in [7, 11) is 0. The molecule has 0 fully saturated rings. The Morgan fingerprint density at radius 1 is 1.05 bits per heavy atom. The van der Waals surface area contributed by atoms with Crippen molar-refractivity contribution < 1.29 is 40.3 Å². The highest BCUT2D eigenvalue weighted by Gasteiger charge is 2.73. The third kappa shape index (κ3) is 2.86. The van der Waals surface area contributed by atoms with Crippen molar-refractivity contribution in [2.75, 3.05) is 0 Å². The fourth-order valence-corrected chi connectivity index (χ4v) is 1.28. The standard InChI is InChI=1S/C11H7F7O2/c1-6(19)20-8-4-2-3-7(5-8)9(12,13)10(14,15)11(16,17)18/h2-5H,1H3. The molecule has 0 bridgehead atoms. The number of hydrogen-bond acceptors (Lipinski definition) is 2. The van der Waals surface area contributed by atoms with E-state index >= 15 is 0 Å². The number of alkyl halides is 7. The summed E-state index contributed by atoms with van der Waals surface area (Å²) in [5.74, 6) is -13.3. The Balaban J connectivity index is 3.25. The fraction of sp³-hybridized carbons (Fsp3) is 0.364. The lowest BCUT2D eigenvalue weighted by Crippen LogP contribution is -2.50. The van der Waals surface area contributed by atoms with E-state index in [2.05, 4.69) is 4.74 Å². The van der Waals surface area contributed by atoms with E-state index < -0.39 is 35.3 Å². The van der Waals surface area contributed by atoms with Gasteiger partial charge in [0, 0.05) is 12.5 Å². The van der Waals surface area contributed by atoms with Gasteiger partial charge in [0.2, 0.25) is 0 Å². The summed E-state index contributed by atoms with van der Waals surface area (Å²) in [5.41, 5.74) is -1.61. The predicted molar refractivity (Wildman–Crippen MR) is 52.6 cm³/mol. The van der Waals surface area contributed by atoms with Crippen LogP contribution in [-0.4, -0.2) is 18.1 Å². The van der Waals surface area contributed by atoms with Gasteiger partial charge in [-0.15, -0.1) is 0 Å². The molecule has 0 amide bonds. The number of carbonyl (C=O) groups is 1. The zero-order valence-electron chi connectivity index (χ0n) is 9.77.